The highest BCUT2D eigenvalue weighted by atomic mass is 16.3. The predicted molar refractivity (Wildman–Crippen MR) is 127 cm³/mol. The van der Waals surface area contributed by atoms with Gasteiger partial charge in [0.2, 0.25) is 0 Å². The fourth-order valence-corrected chi connectivity index (χ4v) is 5.02. The molecule has 0 saturated carbocycles. The molecule has 4 aromatic rings. The molecule has 1 amide bonds. The van der Waals surface area contributed by atoms with Crippen LogP contribution in [0.2, 0.25) is 0 Å². The van der Waals surface area contributed by atoms with Crippen LogP contribution < -0.4 is 11.2 Å². The van der Waals surface area contributed by atoms with E-state index in [1.807, 2.05) is 6.92 Å². The summed E-state index contributed by atoms with van der Waals surface area (Å²) in [5, 5.41) is 22.0. The summed E-state index contributed by atoms with van der Waals surface area (Å²) in [5.74, 6) is 0.402. The van der Waals surface area contributed by atoms with Crippen LogP contribution >= 0.6 is 0 Å². The maximum Gasteiger partial charge on any atom is 0.332 e. The van der Waals surface area contributed by atoms with Crippen molar-refractivity contribution >= 4 is 28.1 Å². The van der Waals surface area contributed by atoms with E-state index in [0.717, 1.165) is 21.4 Å². The zero-order chi connectivity index (χ0) is 25.2. The summed E-state index contributed by atoms with van der Waals surface area (Å²) in [6, 6.07) is 4.33. The van der Waals surface area contributed by atoms with Gasteiger partial charge in [0.15, 0.2) is 11.2 Å². The normalized spacial score (nSPS) is 23.2. The molecule has 3 aromatic heterocycles. The summed E-state index contributed by atoms with van der Waals surface area (Å²) >= 11 is 0. The maximum absolute atomic E-state index is 13.5. The van der Waals surface area contributed by atoms with E-state index in [1.54, 1.807) is 25.1 Å². The van der Waals surface area contributed by atoms with Crippen molar-refractivity contribution in [3.8, 4) is 0 Å². The number of aromatic amines is 1. The Bertz CT molecular complexity index is 1590. The van der Waals surface area contributed by atoms with Crippen molar-refractivity contribution in [2.24, 2.45) is 14.1 Å². The maximum atomic E-state index is 13.5. The van der Waals surface area contributed by atoms with Gasteiger partial charge in [-0.3, -0.25) is 18.7 Å². The Labute approximate surface area is 199 Å². The molecular formula is C23H27N7O5. The Morgan fingerprint density at radius 2 is 1.94 bits per heavy atom. The highest BCUT2D eigenvalue weighted by Gasteiger charge is 2.42. The lowest BCUT2D eigenvalue weighted by atomic mass is 9.91. The molecule has 0 spiro atoms. The molecule has 0 unspecified atom stereocenters. The van der Waals surface area contributed by atoms with Crippen LogP contribution in [-0.2, 0) is 14.1 Å². The largest absolute Gasteiger partial charge is 0.391 e. The summed E-state index contributed by atoms with van der Waals surface area (Å²) in [7, 11) is 2.89. The number of carbonyl (C=O) groups excluding carboxylic acids is 1. The predicted octanol–water partition coefficient (Wildman–Crippen LogP) is -0.182. The minimum Gasteiger partial charge on any atom is -0.391 e. The molecule has 1 fully saturated rings. The van der Waals surface area contributed by atoms with Crippen LogP contribution in [0.3, 0.4) is 0 Å². The van der Waals surface area contributed by atoms with Gasteiger partial charge in [0, 0.05) is 39.2 Å². The third-order valence-electron chi connectivity index (χ3n) is 6.83. The fraction of sp³-hybridized carbons (Fsp3) is 0.435. The lowest BCUT2D eigenvalue weighted by Gasteiger charge is -2.34. The number of carbonyl (C=O) groups is 1. The van der Waals surface area contributed by atoms with Gasteiger partial charge in [-0.25, -0.2) is 14.8 Å². The van der Waals surface area contributed by atoms with E-state index in [9.17, 15) is 24.6 Å². The monoisotopic (exact) mass is 481 g/mol. The van der Waals surface area contributed by atoms with E-state index >= 15 is 0 Å². The molecule has 1 saturated heterocycles. The van der Waals surface area contributed by atoms with E-state index in [-0.39, 0.29) is 36.6 Å². The van der Waals surface area contributed by atoms with Crippen molar-refractivity contribution in [2.75, 3.05) is 13.1 Å². The summed E-state index contributed by atoms with van der Waals surface area (Å²) in [6.07, 6.45) is 0.384. The Morgan fingerprint density at radius 1 is 1.20 bits per heavy atom. The number of aryl methyl sites for hydroxylation is 2. The molecular weight excluding hydrogens is 454 g/mol. The molecule has 5 rings (SSSR count). The Kier molecular flexibility index (Phi) is 5.18. The van der Waals surface area contributed by atoms with Crippen LogP contribution in [0, 0.1) is 6.92 Å². The number of imidazole rings is 2. The van der Waals surface area contributed by atoms with E-state index in [4.69, 9.17) is 0 Å². The summed E-state index contributed by atoms with van der Waals surface area (Å²) in [5.41, 5.74) is -0.376. The smallest absolute Gasteiger partial charge is 0.332 e. The van der Waals surface area contributed by atoms with Crippen molar-refractivity contribution in [1.29, 1.82) is 0 Å². The SMILES string of the molecule is Cc1nc2ccc(C(=O)N3C[C@H](O)C[C@](C)(O)[C@@H](n4cnc5c4c(=O)n(C)c(=O)n5C)C3)cc2[nH]1. The Balaban J connectivity index is 1.60. The zero-order valence-corrected chi connectivity index (χ0v) is 19.9. The molecule has 0 bridgehead atoms. The number of amides is 1. The lowest BCUT2D eigenvalue weighted by molar-refractivity contribution is -0.0216. The minimum atomic E-state index is -1.48. The first-order chi connectivity index (χ1) is 16.5. The van der Waals surface area contributed by atoms with Gasteiger partial charge >= 0.3 is 5.69 Å². The number of aliphatic hydroxyl groups excluding tert-OH is 1. The van der Waals surface area contributed by atoms with Gasteiger partial charge in [-0.05, 0) is 32.0 Å². The molecule has 184 valence electrons. The first-order valence-corrected chi connectivity index (χ1v) is 11.3. The minimum absolute atomic E-state index is 0.00858. The Hall–Kier alpha value is -3.77. The highest BCUT2D eigenvalue weighted by Crippen LogP contribution is 2.33. The van der Waals surface area contributed by atoms with Gasteiger partial charge in [-0.15, -0.1) is 0 Å². The second-order valence-electron chi connectivity index (χ2n) is 9.53. The van der Waals surface area contributed by atoms with Crippen LogP contribution in [0.5, 0.6) is 0 Å². The van der Waals surface area contributed by atoms with Gasteiger partial charge < -0.3 is 24.7 Å². The molecule has 0 radical (unpaired) electrons. The van der Waals surface area contributed by atoms with Crippen molar-refractivity contribution in [3.05, 3.63) is 56.8 Å². The lowest BCUT2D eigenvalue weighted by Crippen LogP contribution is -2.44. The molecule has 1 aliphatic rings. The van der Waals surface area contributed by atoms with Crippen LogP contribution in [0.25, 0.3) is 22.2 Å². The molecule has 4 heterocycles. The molecule has 12 nitrogen and oxygen atoms in total. The topological polar surface area (TPSA) is 151 Å². The molecule has 0 aliphatic carbocycles. The summed E-state index contributed by atoms with van der Waals surface area (Å²) in [4.78, 5) is 52.1. The fourth-order valence-electron chi connectivity index (χ4n) is 5.02. The first-order valence-electron chi connectivity index (χ1n) is 11.3. The standard InChI is InChI=1S/C23H27N7O5/c1-12-25-15-6-5-13(7-16(15)26-12)20(32)29-9-14(31)8-23(2,35)17(10-29)30-11-24-19-18(30)21(33)28(4)22(34)27(19)3/h5-7,11,14,17,31,35H,8-10H2,1-4H3,(H,25,26)/t14-,17+,23+/m1/s1. The van der Waals surface area contributed by atoms with Crippen LogP contribution in [0.4, 0.5) is 0 Å². The number of H-pyrrole nitrogens is 1. The van der Waals surface area contributed by atoms with Crippen molar-refractivity contribution in [3.63, 3.8) is 0 Å². The number of likely N-dealkylation sites (tertiary alicyclic amines) is 1. The van der Waals surface area contributed by atoms with Crippen molar-refractivity contribution < 1.29 is 15.0 Å². The van der Waals surface area contributed by atoms with Crippen molar-refractivity contribution in [2.45, 2.75) is 38.0 Å². The number of aliphatic hydroxyl groups is 2. The zero-order valence-electron chi connectivity index (χ0n) is 19.9. The average molecular weight is 482 g/mol. The third-order valence-corrected chi connectivity index (χ3v) is 6.83. The quantitative estimate of drug-likeness (QED) is 0.359. The Morgan fingerprint density at radius 3 is 2.69 bits per heavy atom. The number of benzene rings is 1. The summed E-state index contributed by atoms with van der Waals surface area (Å²) in [6.45, 7) is 3.41. The average Bonchev–Trinajstić information content (AvgIpc) is 3.37. The molecule has 3 atom stereocenters. The number of nitrogens with one attached hydrogen (secondary N) is 1. The second-order valence-corrected chi connectivity index (χ2v) is 9.53. The van der Waals surface area contributed by atoms with Crippen LogP contribution in [0.1, 0.15) is 35.6 Å². The van der Waals surface area contributed by atoms with Gasteiger partial charge in [0.1, 0.15) is 5.82 Å². The third kappa shape index (κ3) is 3.65. The molecule has 12 heteroatoms. The van der Waals surface area contributed by atoms with E-state index < -0.39 is 29.0 Å². The van der Waals surface area contributed by atoms with E-state index in [0.29, 0.717) is 5.56 Å². The molecule has 1 aromatic carbocycles. The molecule has 35 heavy (non-hydrogen) atoms. The first kappa shape index (κ1) is 23.0. The van der Waals surface area contributed by atoms with Crippen LogP contribution in [-0.4, -0.2) is 74.5 Å². The number of nitrogens with zero attached hydrogens (tertiary/aromatic N) is 6. The molecule has 3 N–H and O–H groups in total. The number of rotatable bonds is 2. The van der Waals surface area contributed by atoms with E-state index in [2.05, 4.69) is 15.0 Å². The van der Waals surface area contributed by atoms with Crippen LogP contribution in [0.15, 0.2) is 34.1 Å². The number of hydrogen-bond donors (Lipinski definition) is 3. The number of aromatic nitrogens is 6. The number of hydrogen-bond acceptors (Lipinski definition) is 7. The van der Waals surface area contributed by atoms with Gasteiger partial charge in [-0.2, -0.15) is 0 Å². The second kappa shape index (κ2) is 7.89. The van der Waals surface area contributed by atoms with Gasteiger partial charge in [0.25, 0.3) is 11.5 Å². The van der Waals surface area contributed by atoms with E-state index in [1.165, 1.54) is 34.5 Å². The van der Waals surface area contributed by atoms with Crippen molar-refractivity contribution in [1.82, 2.24) is 33.6 Å². The number of β-amino-alcohol motifs (C(OH)–C–C–N with tert-alkyl or cyclic N) is 1. The molecule has 1 aliphatic heterocycles. The number of fused-ring (bicyclic) bond motifs is 2. The van der Waals surface area contributed by atoms with Gasteiger partial charge in [0.05, 0.1) is 35.1 Å². The summed E-state index contributed by atoms with van der Waals surface area (Å²) < 4.78 is 3.75. The highest BCUT2D eigenvalue weighted by molar-refractivity contribution is 5.97. The van der Waals surface area contributed by atoms with Gasteiger partial charge in [-0.1, -0.05) is 0 Å².